The average molecular weight is 535 g/mol. The van der Waals surface area contributed by atoms with Crippen molar-refractivity contribution in [2.45, 2.75) is 31.7 Å². The highest BCUT2D eigenvalue weighted by molar-refractivity contribution is 5.95. The molecule has 1 aliphatic rings. The second-order valence-electron chi connectivity index (χ2n) is 9.63. The van der Waals surface area contributed by atoms with Gasteiger partial charge in [0.15, 0.2) is 12.1 Å². The van der Waals surface area contributed by atoms with Gasteiger partial charge in [0.25, 0.3) is 0 Å². The molecule has 40 heavy (non-hydrogen) atoms. The van der Waals surface area contributed by atoms with Gasteiger partial charge in [0.2, 0.25) is 11.8 Å². The quantitative estimate of drug-likeness (QED) is 0.229. The lowest BCUT2D eigenvalue weighted by molar-refractivity contribution is -0.166. The Bertz CT molecular complexity index is 1400. The van der Waals surface area contributed by atoms with Gasteiger partial charge in [-0.05, 0) is 34.4 Å². The number of hydrogen-bond donors (Lipinski definition) is 1. The van der Waals surface area contributed by atoms with Crippen molar-refractivity contribution in [2.24, 2.45) is 0 Å². The zero-order valence-electron chi connectivity index (χ0n) is 22.1. The van der Waals surface area contributed by atoms with Crippen molar-refractivity contribution in [1.82, 2.24) is 10.2 Å². The largest absolute Gasteiger partial charge is 0.489 e. The Kier molecular flexibility index (Phi) is 8.21. The van der Waals surface area contributed by atoms with Crippen LogP contribution in [0.25, 0.3) is 0 Å². The van der Waals surface area contributed by atoms with Crippen molar-refractivity contribution in [2.75, 3.05) is 6.54 Å². The van der Waals surface area contributed by atoms with Crippen LogP contribution in [0.4, 0.5) is 0 Å². The van der Waals surface area contributed by atoms with E-state index in [4.69, 9.17) is 9.47 Å². The van der Waals surface area contributed by atoms with E-state index in [1.807, 2.05) is 91.0 Å². The Morgan fingerprint density at radius 3 is 1.88 bits per heavy atom. The summed E-state index contributed by atoms with van der Waals surface area (Å²) in [6.45, 7) is 1.97. The number of benzene rings is 4. The molecule has 0 spiro atoms. The topological polar surface area (TPSA) is 84.9 Å². The van der Waals surface area contributed by atoms with Crippen molar-refractivity contribution in [1.29, 1.82) is 0 Å². The molecule has 7 heteroatoms. The van der Waals surface area contributed by atoms with Crippen molar-refractivity contribution >= 4 is 17.8 Å². The molecule has 2 atom stereocenters. The summed E-state index contributed by atoms with van der Waals surface area (Å²) < 4.78 is 12.1. The molecule has 1 N–H and O–H groups in total. The van der Waals surface area contributed by atoms with Gasteiger partial charge in [-0.25, -0.2) is 4.79 Å². The third-order valence-corrected chi connectivity index (χ3v) is 6.76. The van der Waals surface area contributed by atoms with Crippen LogP contribution in [0, 0.1) is 0 Å². The van der Waals surface area contributed by atoms with Gasteiger partial charge >= 0.3 is 5.97 Å². The monoisotopic (exact) mass is 534 g/mol. The zero-order valence-corrected chi connectivity index (χ0v) is 22.1. The van der Waals surface area contributed by atoms with Gasteiger partial charge in [-0.15, -0.1) is 0 Å². The summed E-state index contributed by atoms with van der Waals surface area (Å²) >= 11 is 0. The van der Waals surface area contributed by atoms with Crippen LogP contribution in [0.1, 0.15) is 41.3 Å². The number of carbonyl (C=O) groups is 3. The maximum Gasteiger partial charge on any atom is 0.334 e. The van der Waals surface area contributed by atoms with Crippen LogP contribution in [0.15, 0.2) is 115 Å². The molecule has 1 heterocycles. The highest BCUT2D eigenvalue weighted by Gasteiger charge is 2.45. The standard InChI is InChI=1S/C33H30N2O5/c1-23(36)34-29-21-35(32(29)37)30(25-17-19-28(20-18-25)39-22-24-11-5-2-6-12-24)33(38)40-31(26-13-7-3-8-14-26)27-15-9-4-10-16-27/h2-20,29-31H,21-22H2,1H3,(H,34,36). The number of esters is 1. The maximum absolute atomic E-state index is 13.9. The number of hydrogen-bond acceptors (Lipinski definition) is 5. The number of nitrogens with one attached hydrogen (secondary N) is 1. The summed E-state index contributed by atoms with van der Waals surface area (Å²) in [5.41, 5.74) is 3.26. The smallest absolute Gasteiger partial charge is 0.334 e. The van der Waals surface area contributed by atoms with Gasteiger partial charge in [-0.1, -0.05) is 103 Å². The van der Waals surface area contributed by atoms with E-state index in [0.29, 0.717) is 17.9 Å². The minimum absolute atomic E-state index is 0.200. The SMILES string of the molecule is CC(=O)NC1CN(C(C(=O)OC(c2ccccc2)c2ccccc2)c2ccc(OCc3ccccc3)cc2)C1=O. The Morgan fingerprint density at radius 2 is 1.35 bits per heavy atom. The number of β-lactam (4-membered cyclic amide) rings is 1. The fourth-order valence-corrected chi connectivity index (χ4v) is 4.73. The molecule has 0 bridgehead atoms. The van der Waals surface area contributed by atoms with E-state index >= 15 is 0 Å². The Balaban J connectivity index is 1.40. The van der Waals surface area contributed by atoms with Crippen LogP contribution in [-0.4, -0.2) is 35.3 Å². The van der Waals surface area contributed by atoms with E-state index in [9.17, 15) is 14.4 Å². The van der Waals surface area contributed by atoms with Gasteiger partial charge < -0.3 is 19.7 Å². The van der Waals surface area contributed by atoms with E-state index in [1.54, 1.807) is 24.3 Å². The van der Waals surface area contributed by atoms with Gasteiger partial charge in [-0.3, -0.25) is 9.59 Å². The van der Waals surface area contributed by atoms with Crippen LogP contribution in [0.2, 0.25) is 0 Å². The Labute approximate surface area is 233 Å². The third kappa shape index (κ3) is 6.21. The molecule has 4 aromatic rings. The number of rotatable bonds is 10. The number of likely N-dealkylation sites (tertiary alicyclic amines) is 1. The molecular formula is C33H30N2O5. The summed E-state index contributed by atoms with van der Waals surface area (Å²) in [5, 5.41) is 2.64. The average Bonchev–Trinajstić information content (AvgIpc) is 2.99. The second kappa shape index (κ2) is 12.3. The van der Waals surface area contributed by atoms with Crippen LogP contribution in [0.3, 0.4) is 0 Å². The first kappa shape index (κ1) is 26.7. The number of nitrogens with zero attached hydrogens (tertiary/aromatic N) is 1. The van der Waals surface area contributed by atoms with Crippen molar-refractivity contribution in [3.63, 3.8) is 0 Å². The Hall–Kier alpha value is -4.91. The number of amides is 2. The molecule has 2 amide bonds. The molecule has 2 unspecified atom stereocenters. The second-order valence-corrected chi connectivity index (χ2v) is 9.63. The first-order valence-electron chi connectivity index (χ1n) is 13.1. The molecule has 5 rings (SSSR count). The summed E-state index contributed by atoms with van der Waals surface area (Å²) in [6.07, 6.45) is -0.659. The van der Waals surface area contributed by atoms with E-state index in [0.717, 1.165) is 16.7 Å². The van der Waals surface area contributed by atoms with Gasteiger partial charge in [0.05, 0.1) is 6.54 Å². The summed E-state index contributed by atoms with van der Waals surface area (Å²) in [6, 6.07) is 34.2. The lowest BCUT2D eigenvalue weighted by Gasteiger charge is -2.43. The first-order chi connectivity index (χ1) is 19.5. The van der Waals surface area contributed by atoms with Crippen molar-refractivity contribution < 1.29 is 23.9 Å². The number of ether oxygens (including phenoxy) is 2. The molecule has 202 valence electrons. The lowest BCUT2D eigenvalue weighted by Crippen LogP contribution is -2.65. The van der Waals surface area contributed by atoms with Crippen LogP contribution >= 0.6 is 0 Å². The van der Waals surface area contributed by atoms with Crippen LogP contribution < -0.4 is 10.1 Å². The van der Waals surface area contributed by atoms with Gasteiger partial charge in [0.1, 0.15) is 18.4 Å². The Morgan fingerprint density at radius 1 is 0.800 bits per heavy atom. The molecule has 1 saturated heterocycles. The van der Waals surface area contributed by atoms with Gasteiger partial charge in [0, 0.05) is 6.92 Å². The van der Waals surface area contributed by atoms with Crippen LogP contribution in [0.5, 0.6) is 5.75 Å². The predicted octanol–water partition coefficient (Wildman–Crippen LogP) is 4.99. The third-order valence-electron chi connectivity index (χ3n) is 6.76. The van der Waals surface area contributed by atoms with E-state index < -0.39 is 24.2 Å². The molecule has 4 aromatic carbocycles. The highest BCUT2D eigenvalue weighted by Crippen LogP contribution is 2.34. The summed E-state index contributed by atoms with van der Waals surface area (Å²) in [5.74, 6) is -0.565. The fourth-order valence-electron chi connectivity index (χ4n) is 4.73. The number of carbonyl (C=O) groups excluding carboxylic acids is 3. The van der Waals surface area contributed by atoms with Gasteiger partial charge in [-0.2, -0.15) is 0 Å². The zero-order chi connectivity index (χ0) is 27.9. The molecule has 0 aromatic heterocycles. The highest BCUT2D eigenvalue weighted by atomic mass is 16.5. The van der Waals surface area contributed by atoms with Crippen LogP contribution in [-0.2, 0) is 25.7 Å². The summed E-state index contributed by atoms with van der Waals surface area (Å²) in [7, 11) is 0. The van der Waals surface area contributed by atoms with E-state index in [2.05, 4.69) is 5.32 Å². The molecule has 0 saturated carbocycles. The maximum atomic E-state index is 13.9. The van der Waals surface area contributed by atoms with E-state index in [-0.39, 0.29) is 18.4 Å². The van der Waals surface area contributed by atoms with E-state index in [1.165, 1.54) is 11.8 Å². The normalized spacial score (nSPS) is 15.2. The molecule has 1 aliphatic heterocycles. The van der Waals surface area contributed by atoms with Crippen molar-refractivity contribution in [3.05, 3.63) is 138 Å². The fraction of sp³-hybridized carbons (Fsp3) is 0.182. The molecular weight excluding hydrogens is 504 g/mol. The summed E-state index contributed by atoms with van der Waals surface area (Å²) in [4.78, 5) is 39.9. The molecule has 0 aliphatic carbocycles. The minimum Gasteiger partial charge on any atom is -0.489 e. The minimum atomic E-state index is -0.990. The predicted molar refractivity (Wildman–Crippen MR) is 150 cm³/mol. The first-order valence-corrected chi connectivity index (χ1v) is 13.1. The lowest BCUT2D eigenvalue weighted by atomic mass is 9.97. The van der Waals surface area contributed by atoms with Crippen molar-refractivity contribution in [3.8, 4) is 5.75 Å². The molecule has 0 radical (unpaired) electrons. The molecule has 1 fully saturated rings. The molecule has 7 nitrogen and oxygen atoms in total.